The van der Waals surface area contributed by atoms with Crippen LogP contribution >= 0.6 is 7.37 Å². The van der Waals surface area contributed by atoms with Crippen molar-refractivity contribution in [2.45, 2.75) is 37.0 Å². The highest BCUT2D eigenvalue weighted by molar-refractivity contribution is 7.58. The van der Waals surface area contributed by atoms with Crippen LogP contribution in [0.5, 0.6) is 0 Å². The fourth-order valence-corrected chi connectivity index (χ4v) is 6.00. The fraction of sp³-hybridized carbons (Fsp3) is 0.259. The van der Waals surface area contributed by atoms with E-state index < -0.39 is 42.6 Å². The van der Waals surface area contributed by atoms with E-state index in [0.717, 1.165) is 11.1 Å². The number of nitrogens with two attached hydrogens (primary N) is 1. The van der Waals surface area contributed by atoms with Crippen LogP contribution < -0.4 is 11.1 Å². The van der Waals surface area contributed by atoms with Crippen LogP contribution in [0.4, 0.5) is 0 Å². The average Bonchev–Trinajstić information content (AvgIpc) is 2.85. The Kier molecular flexibility index (Phi) is 8.62. The summed E-state index contributed by atoms with van der Waals surface area (Å²) in [4.78, 5) is 36.5. The van der Waals surface area contributed by atoms with Gasteiger partial charge in [0.05, 0.1) is 11.2 Å². The zero-order valence-corrected chi connectivity index (χ0v) is 20.5. The molecule has 0 bridgehead atoms. The maximum absolute atomic E-state index is 13.6. The number of hydrogen-bond acceptors (Lipinski definition) is 4. The molecule has 1 amide bonds. The van der Waals surface area contributed by atoms with E-state index >= 15 is 0 Å². The Hall–Kier alpha value is -3.25. The highest BCUT2D eigenvalue weighted by Gasteiger charge is 2.44. The van der Waals surface area contributed by atoms with Crippen LogP contribution in [0.15, 0.2) is 91.0 Å². The van der Waals surface area contributed by atoms with Crippen molar-refractivity contribution in [3.8, 4) is 0 Å². The lowest BCUT2D eigenvalue weighted by atomic mass is 9.83. The molecule has 4 atom stereocenters. The van der Waals surface area contributed by atoms with Gasteiger partial charge in [-0.25, -0.2) is 4.79 Å². The highest BCUT2D eigenvalue weighted by atomic mass is 31.2. The van der Waals surface area contributed by atoms with Crippen LogP contribution in [0, 0.1) is 0 Å². The summed E-state index contributed by atoms with van der Waals surface area (Å²) < 4.78 is 13.5. The molecule has 3 aromatic carbocycles. The van der Waals surface area contributed by atoms with Gasteiger partial charge >= 0.3 is 5.97 Å². The van der Waals surface area contributed by atoms with E-state index in [0.29, 0.717) is 5.56 Å². The van der Waals surface area contributed by atoms with E-state index in [4.69, 9.17) is 5.73 Å². The van der Waals surface area contributed by atoms with Crippen molar-refractivity contribution in [3.05, 3.63) is 108 Å². The Bertz CT molecular complexity index is 1170. The van der Waals surface area contributed by atoms with Crippen LogP contribution in [-0.4, -0.2) is 39.9 Å². The van der Waals surface area contributed by atoms with Crippen molar-refractivity contribution in [3.63, 3.8) is 0 Å². The second-order valence-electron chi connectivity index (χ2n) is 8.92. The molecule has 3 aromatic rings. The molecule has 8 heteroatoms. The molecule has 0 aliphatic carbocycles. The zero-order valence-electron chi connectivity index (χ0n) is 19.6. The number of nitrogens with one attached hydrogen (secondary N) is 1. The number of rotatable bonds is 11. The third-order valence-electron chi connectivity index (χ3n) is 6.15. The monoisotopic (exact) mass is 494 g/mol. The first-order valence-electron chi connectivity index (χ1n) is 11.4. The summed E-state index contributed by atoms with van der Waals surface area (Å²) in [6.07, 6.45) is -0.175. The van der Waals surface area contributed by atoms with Gasteiger partial charge in [-0.3, -0.25) is 9.36 Å². The molecule has 0 spiro atoms. The highest BCUT2D eigenvalue weighted by Crippen LogP contribution is 2.50. The number of carboxylic acids is 1. The van der Waals surface area contributed by atoms with Gasteiger partial charge in [-0.05, 0) is 30.0 Å². The van der Waals surface area contributed by atoms with Crippen molar-refractivity contribution in [1.29, 1.82) is 0 Å². The van der Waals surface area contributed by atoms with E-state index in [2.05, 4.69) is 5.32 Å². The van der Waals surface area contributed by atoms with Crippen molar-refractivity contribution >= 4 is 19.2 Å². The number of aliphatic carboxylic acids is 1. The molecule has 5 N–H and O–H groups in total. The summed E-state index contributed by atoms with van der Waals surface area (Å²) in [6, 6.07) is 25.5. The third kappa shape index (κ3) is 6.89. The first-order chi connectivity index (χ1) is 16.6. The number of carbonyl (C=O) groups is 2. The number of benzene rings is 3. The van der Waals surface area contributed by atoms with Gasteiger partial charge < -0.3 is 21.1 Å². The molecular formula is C27H31N2O5P. The predicted molar refractivity (Wildman–Crippen MR) is 136 cm³/mol. The largest absolute Gasteiger partial charge is 0.480 e. The molecule has 0 saturated carbocycles. The molecule has 0 saturated heterocycles. The summed E-state index contributed by atoms with van der Waals surface area (Å²) >= 11 is 0. The molecule has 0 radical (unpaired) electrons. The van der Waals surface area contributed by atoms with Gasteiger partial charge in [0.25, 0.3) is 0 Å². The van der Waals surface area contributed by atoms with Crippen molar-refractivity contribution in [2.75, 3.05) is 6.16 Å². The minimum Gasteiger partial charge on any atom is -0.480 e. The number of carbonyl (C=O) groups excluding carboxylic acids is 1. The second-order valence-corrected chi connectivity index (χ2v) is 11.4. The molecule has 0 fully saturated rings. The normalized spacial score (nSPS) is 16.3. The Morgan fingerprint density at radius 3 is 1.83 bits per heavy atom. The Morgan fingerprint density at radius 1 is 0.886 bits per heavy atom. The van der Waals surface area contributed by atoms with E-state index in [1.807, 2.05) is 36.4 Å². The number of carboxylic acid groups (broad SMARTS) is 1. The molecule has 0 aliphatic heterocycles. The molecule has 0 aromatic heterocycles. The lowest BCUT2D eigenvalue weighted by molar-refractivity contribution is -0.142. The van der Waals surface area contributed by atoms with Crippen molar-refractivity contribution < 1.29 is 24.2 Å². The lowest BCUT2D eigenvalue weighted by Crippen LogP contribution is -2.52. The summed E-state index contributed by atoms with van der Waals surface area (Å²) in [6.45, 7) is 1.55. The molecule has 184 valence electrons. The minimum atomic E-state index is -4.05. The zero-order chi connectivity index (χ0) is 25.5. The number of hydrogen-bond donors (Lipinski definition) is 4. The van der Waals surface area contributed by atoms with Gasteiger partial charge in [0, 0.05) is 12.6 Å². The Morgan fingerprint density at radius 2 is 1.34 bits per heavy atom. The lowest BCUT2D eigenvalue weighted by Gasteiger charge is -2.33. The SMILES string of the molecule is CC(CP(=O)(O)C(N)Cc1ccccc1)(C(=O)NC(Cc1ccccc1)C(=O)O)c1ccccc1. The first kappa shape index (κ1) is 26.4. The summed E-state index contributed by atoms with van der Waals surface area (Å²) in [5.41, 5.74) is 6.77. The molecule has 4 unspecified atom stereocenters. The summed E-state index contributed by atoms with van der Waals surface area (Å²) in [7, 11) is -4.05. The minimum absolute atomic E-state index is 0.0804. The van der Waals surface area contributed by atoms with Gasteiger partial charge in [0.15, 0.2) is 0 Å². The Balaban J connectivity index is 1.87. The van der Waals surface area contributed by atoms with E-state index in [-0.39, 0.29) is 12.8 Å². The molecule has 7 nitrogen and oxygen atoms in total. The first-order valence-corrected chi connectivity index (χ1v) is 13.3. The Labute approximate surface area is 205 Å². The third-order valence-corrected chi connectivity index (χ3v) is 8.45. The van der Waals surface area contributed by atoms with Crippen molar-refractivity contribution in [2.24, 2.45) is 5.73 Å². The maximum Gasteiger partial charge on any atom is 0.326 e. The molecule has 0 aliphatic rings. The van der Waals surface area contributed by atoms with Crippen LogP contribution in [-0.2, 0) is 32.4 Å². The van der Waals surface area contributed by atoms with Crippen LogP contribution in [0.1, 0.15) is 23.6 Å². The van der Waals surface area contributed by atoms with Gasteiger partial charge in [-0.1, -0.05) is 91.0 Å². The van der Waals surface area contributed by atoms with E-state index in [9.17, 15) is 24.2 Å². The molecule has 35 heavy (non-hydrogen) atoms. The molecule has 3 rings (SSSR count). The molecular weight excluding hydrogens is 463 g/mol. The van der Waals surface area contributed by atoms with Gasteiger partial charge in [0.1, 0.15) is 6.04 Å². The fourth-order valence-electron chi connectivity index (χ4n) is 4.04. The second kappa shape index (κ2) is 11.5. The van der Waals surface area contributed by atoms with Crippen molar-refractivity contribution in [1.82, 2.24) is 5.32 Å². The van der Waals surface area contributed by atoms with Crippen LogP contribution in [0.25, 0.3) is 0 Å². The standard InChI is InChI=1S/C27H31N2O5P/c1-27(22-15-9-4-10-16-22,19-35(33,34)24(28)18-21-13-7-3-8-14-21)26(32)29-23(25(30)31)17-20-11-5-2-6-12-20/h2-16,23-24H,17-19,28H2,1H3,(H,29,32)(H,30,31)(H,33,34). The van der Waals surface area contributed by atoms with Gasteiger partial charge in [-0.15, -0.1) is 0 Å². The smallest absolute Gasteiger partial charge is 0.326 e. The maximum atomic E-state index is 13.6. The summed E-state index contributed by atoms with van der Waals surface area (Å²) in [5.74, 6) is -2.92. The summed E-state index contributed by atoms with van der Waals surface area (Å²) in [5, 5.41) is 12.4. The number of amides is 1. The van der Waals surface area contributed by atoms with Crippen LogP contribution in [0.3, 0.4) is 0 Å². The predicted octanol–water partition coefficient (Wildman–Crippen LogP) is 3.55. The van der Waals surface area contributed by atoms with Gasteiger partial charge in [0.2, 0.25) is 13.3 Å². The topological polar surface area (TPSA) is 130 Å². The van der Waals surface area contributed by atoms with Crippen LogP contribution in [0.2, 0.25) is 0 Å². The quantitative estimate of drug-likeness (QED) is 0.302. The van der Waals surface area contributed by atoms with E-state index in [1.54, 1.807) is 61.5 Å². The average molecular weight is 495 g/mol. The molecule has 0 heterocycles. The van der Waals surface area contributed by atoms with Gasteiger partial charge in [-0.2, -0.15) is 0 Å². The van der Waals surface area contributed by atoms with E-state index in [1.165, 1.54) is 0 Å².